The van der Waals surface area contributed by atoms with Crippen molar-refractivity contribution >= 4 is 23.7 Å². The van der Waals surface area contributed by atoms with Gasteiger partial charge < -0.3 is 15.1 Å². The lowest BCUT2D eigenvalue weighted by atomic mass is 10.0. The van der Waals surface area contributed by atoms with Gasteiger partial charge in [-0.15, -0.1) is 0 Å². The monoisotopic (exact) mass is 387 g/mol. The van der Waals surface area contributed by atoms with Crippen LogP contribution in [0.25, 0.3) is 0 Å². The summed E-state index contributed by atoms with van der Waals surface area (Å²) in [7, 11) is 4.26. The van der Waals surface area contributed by atoms with Gasteiger partial charge in [0.15, 0.2) is 0 Å². The molecule has 0 amide bonds. The molecule has 0 heterocycles. The molecule has 0 aliphatic heterocycles. The second kappa shape index (κ2) is 11.9. The molecule has 0 bridgehead atoms. The molecule has 0 saturated heterocycles. The number of likely N-dealkylation sites (N-methyl/N-ethyl adjacent to an activating group) is 1. The molecule has 0 spiro atoms. The lowest BCUT2D eigenvalue weighted by molar-refractivity contribution is -0.134. The molecule has 2 N–H and O–H groups in total. The number of rotatable bonds is 7. The smallest absolute Gasteiger partial charge is 0.328 e. The molecule has 27 heavy (non-hydrogen) atoms. The lowest BCUT2D eigenvalue weighted by Crippen LogP contribution is -2.18. The number of aliphatic carboxylic acids is 2. The maximum Gasteiger partial charge on any atom is 0.328 e. The predicted octanol–water partition coefficient (Wildman–Crippen LogP) is 4.21. The summed E-state index contributed by atoms with van der Waals surface area (Å²) in [5.74, 6) is -1.97. The summed E-state index contributed by atoms with van der Waals surface area (Å²) in [5, 5.41) is 15.6. The summed E-state index contributed by atoms with van der Waals surface area (Å²) in [6, 6.07) is 19.3. The van der Waals surface area contributed by atoms with Gasteiger partial charge in [-0.05, 0) is 43.8 Å². The Morgan fingerprint density at radius 2 is 1.48 bits per heavy atom. The van der Waals surface area contributed by atoms with Crippen molar-refractivity contribution < 1.29 is 19.8 Å². The van der Waals surface area contributed by atoms with Gasteiger partial charge in [0.25, 0.3) is 0 Å². The fourth-order valence-corrected chi connectivity index (χ4v) is 3.47. The molecule has 0 aromatic heterocycles. The third-order valence-electron chi connectivity index (χ3n) is 3.43. The van der Waals surface area contributed by atoms with Crippen LogP contribution in [0.3, 0.4) is 0 Å². The molecule has 5 nitrogen and oxygen atoms in total. The quantitative estimate of drug-likeness (QED) is 0.693. The number of hydrogen-bond acceptors (Lipinski definition) is 4. The van der Waals surface area contributed by atoms with Crippen molar-refractivity contribution in [3.63, 3.8) is 0 Å². The van der Waals surface area contributed by atoms with Crippen LogP contribution in [0.2, 0.25) is 0 Å². The van der Waals surface area contributed by atoms with Crippen LogP contribution in [-0.2, 0) is 9.59 Å². The highest BCUT2D eigenvalue weighted by molar-refractivity contribution is 7.99. The molecular formula is C21H25NO4S. The van der Waals surface area contributed by atoms with Crippen molar-refractivity contribution in [2.24, 2.45) is 0 Å². The zero-order chi connectivity index (χ0) is 20.2. The minimum atomic E-state index is -1.26. The first kappa shape index (κ1) is 22.5. The van der Waals surface area contributed by atoms with E-state index >= 15 is 0 Å². The highest BCUT2D eigenvalue weighted by Gasteiger charge is 2.11. The first-order valence-corrected chi connectivity index (χ1v) is 9.21. The van der Waals surface area contributed by atoms with Crippen LogP contribution >= 0.6 is 11.8 Å². The summed E-state index contributed by atoms with van der Waals surface area (Å²) < 4.78 is 0. The van der Waals surface area contributed by atoms with E-state index in [-0.39, 0.29) is 0 Å². The minimum Gasteiger partial charge on any atom is -0.478 e. The van der Waals surface area contributed by atoms with Crippen molar-refractivity contribution in [3.8, 4) is 0 Å². The van der Waals surface area contributed by atoms with E-state index in [1.807, 2.05) is 11.8 Å². The zero-order valence-electron chi connectivity index (χ0n) is 15.7. The van der Waals surface area contributed by atoms with E-state index in [0.29, 0.717) is 18.1 Å². The van der Waals surface area contributed by atoms with Crippen LogP contribution in [-0.4, -0.2) is 47.7 Å². The molecule has 1 atom stereocenters. The maximum absolute atomic E-state index is 9.55. The van der Waals surface area contributed by atoms with E-state index < -0.39 is 11.9 Å². The second-order valence-electron chi connectivity index (χ2n) is 6.13. The van der Waals surface area contributed by atoms with Crippen LogP contribution in [0.15, 0.2) is 76.5 Å². The van der Waals surface area contributed by atoms with Crippen LogP contribution < -0.4 is 0 Å². The lowest BCUT2D eigenvalue weighted by Gasteiger charge is -2.19. The average molecular weight is 388 g/mol. The molecule has 0 saturated carbocycles. The van der Waals surface area contributed by atoms with Gasteiger partial charge in [0.2, 0.25) is 0 Å². The van der Waals surface area contributed by atoms with Crippen LogP contribution in [0, 0.1) is 0 Å². The van der Waals surface area contributed by atoms with Gasteiger partial charge in [-0.1, -0.05) is 55.1 Å². The van der Waals surface area contributed by atoms with Crippen molar-refractivity contribution in [3.05, 3.63) is 72.3 Å². The van der Waals surface area contributed by atoms with E-state index in [4.69, 9.17) is 10.2 Å². The van der Waals surface area contributed by atoms with Gasteiger partial charge in [0.05, 0.1) is 0 Å². The summed E-state index contributed by atoms with van der Waals surface area (Å²) >= 11 is 1.85. The van der Waals surface area contributed by atoms with E-state index in [2.05, 4.69) is 80.5 Å². The average Bonchev–Trinajstić information content (AvgIpc) is 2.61. The SMILES string of the molecule is CC(CN(C)C)c1ccccc1Sc1ccccc1.O=C(O)C=CC(=O)O. The van der Waals surface area contributed by atoms with Crippen LogP contribution in [0.4, 0.5) is 0 Å². The van der Waals surface area contributed by atoms with Crippen molar-refractivity contribution in [2.75, 3.05) is 20.6 Å². The van der Waals surface area contributed by atoms with Crippen molar-refractivity contribution in [2.45, 2.75) is 22.6 Å². The molecule has 0 radical (unpaired) electrons. The van der Waals surface area contributed by atoms with Gasteiger partial charge in [-0.25, -0.2) is 9.59 Å². The van der Waals surface area contributed by atoms with Crippen molar-refractivity contribution in [1.82, 2.24) is 4.90 Å². The Balaban J connectivity index is 0.000000387. The summed E-state index contributed by atoms with van der Waals surface area (Å²) in [6.45, 7) is 3.37. The molecule has 0 aliphatic rings. The fraction of sp³-hybridized carbons (Fsp3) is 0.238. The molecular weight excluding hydrogens is 362 g/mol. The third kappa shape index (κ3) is 9.63. The highest BCUT2D eigenvalue weighted by atomic mass is 32.2. The van der Waals surface area contributed by atoms with Gasteiger partial charge in [-0.3, -0.25) is 0 Å². The summed E-state index contributed by atoms with van der Waals surface area (Å²) in [5.41, 5.74) is 1.44. The predicted molar refractivity (Wildman–Crippen MR) is 108 cm³/mol. The Morgan fingerprint density at radius 1 is 0.963 bits per heavy atom. The molecule has 2 aromatic carbocycles. The fourth-order valence-electron chi connectivity index (χ4n) is 2.38. The first-order chi connectivity index (χ1) is 12.8. The normalized spacial score (nSPS) is 11.7. The van der Waals surface area contributed by atoms with E-state index in [1.54, 1.807) is 0 Å². The molecule has 6 heteroatoms. The molecule has 1 unspecified atom stereocenters. The number of carbonyl (C=O) groups is 2. The Bertz CT molecular complexity index is 744. The Labute approximate surface area is 164 Å². The van der Waals surface area contributed by atoms with Crippen LogP contribution in [0.5, 0.6) is 0 Å². The van der Waals surface area contributed by atoms with Gasteiger partial charge >= 0.3 is 11.9 Å². The Hall–Kier alpha value is -2.57. The first-order valence-electron chi connectivity index (χ1n) is 8.40. The standard InChI is InChI=1S/C17H21NS.C4H4O4/c1-14(13-18(2)3)16-11-7-8-12-17(16)19-15-9-5-4-6-10-15;5-3(6)1-2-4(7)8/h4-12,14H,13H2,1-3H3;1-2H,(H,5,6)(H,7,8). The van der Waals surface area contributed by atoms with Gasteiger partial charge in [-0.2, -0.15) is 0 Å². The summed E-state index contributed by atoms with van der Waals surface area (Å²) in [6.07, 6.45) is 1.12. The number of carboxylic acids is 2. The van der Waals surface area contributed by atoms with Crippen molar-refractivity contribution in [1.29, 1.82) is 0 Å². The molecule has 144 valence electrons. The number of benzene rings is 2. The second-order valence-corrected chi connectivity index (χ2v) is 7.24. The number of nitrogens with zero attached hydrogens (tertiary/aromatic N) is 1. The Kier molecular flexibility index (Phi) is 9.93. The third-order valence-corrected chi connectivity index (χ3v) is 4.53. The Morgan fingerprint density at radius 3 is 2.00 bits per heavy atom. The maximum atomic E-state index is 9.55. The minimum absolute atomic E-state index is 0.544. The number of carboxylic acid groups (broad SMARTS) is 2. The molecule has 2 rings (SSSR count). The van der Waals surface area contributed by atoms with Gasteiger partial charge in [0, 0.05) is 28.5 Å². The number of hydrogen-bond donors (Lipinski definition) is 2. The zero-order valence-corrected chi connectivity index (χ0v) is 16.5. The van der Waals surface area contributed by atoms with E-state index in [0.717, 1.165) is 6.54 Å². The topological polar surface area (TPSA) is 77.8 Å². The largest absolute Gasteiger partial charge is 0.478 e. The molecule has 0 aliphatic carbocycles. The summed E-state index contributed by atoms with van der Waals surface area (Å²) in [4.78, 5) is 24.0. The highest BCUT2D eigenvalue weighted by Crippen LogP contribution is 2.33. The van der Waals surface area contributed by atoms with E-state index in [9.17, 15) is 9.59 Å². The molecule has 0 fully saturated rings. The van der Waals surface area contributed by atoms with E-state index in [1.165, 1.54) is 15.4 Å². The molecule has 2 aromatic rings. The van der Waals surface area contributed by atoms with Gasteiger partial charge in [0.1, 0.15) is 0 Å². The van der Waals surface area contributed by atoms with Crippen LogP contribution in [0.1, 0.15) is 18.4 Å².